The number of nitrogens with one attached hydrogen (secondary N) is 1. The van der Waals surface area contributed by atoms with Gasteiger partial charge in [-0.3, -0.25) is 4.79 Å². The number of methoxy groups -OCH3 is 1. The molecule has 0 spiro atoms. The van der Waals surface area contributed by atoms with Gasteiger partial charge in [-0.25, -0.2) is 4.39 Å². The average molecular weight is 305 g/mol. The number of amides is 1. The number of benzene rings is 1. The normalized spacial score (nSPS) is 13.3. The van der Waals surface area contributed by atoms with Crippen LogP contribution in [0.3, 0.4) is 0 Å². The Balaban J connectivity index is 0.00000361. The summed E-state index contributed by atoms with van der Waals surface area (Å²) >= 11 is 0. The van der Waals surface area contributed by atoms with Crippen molar-refractivity contribution >= 4 is 18.3 Å². The highest BCUT2D eigenvalue weighted by atomic mass is 35.5. The standard InChI is InChI=1S/C14H21FN2O2.ClH/c1-8(2)13(16)14(18)17-9(3)10-5-6-12(19-4)11(15)7-10;/h5-9,13H,16H2,1-4H3,(H,17,18);1H. The van der Waals surface area contributed by atoms with Crippen LogP contribution in [0.5, 0.6) is 5.75 Å². The molecular weight excluding hydrogens is 283 g/mol. The van der Waals surface area contributed by atoms with Crippen LogP contribution in [0.15, 0.2) is 18.2 Å². The summed E-state index contributed by atoms with van der Waals surface area (Å²) in [5, 5.41) is 2.77. The highest BCUT2D eigenvalue weighted by Gasteiger charge is 2.19. The van der Waals surface area contributed by atoms with E-state index in [9.17, 15) is 9.18 Å². The molecule has 1 aromatic rings. The molecule has 0 aliphatic heterocycles. The van der Waals surface area contributed by atoms with E-state index < -0.39 is 11.9 Å². The van der Waals surface area contributed by atoms with Crippen LogP contribution in [0.25, 0.3) is 0 Å². The zero-order valence-corrected chi connectivity index (χ0v) is 13.0. The first kappa shape index (κ1) is 18.7. The zero-order valence-electron chi connectivity index (χ0n) is 12.1. The molecule has 0 radical (unpaired) electrons. The van der Waals surface area contributed by atoms with E-state index in [4.69, 9.17) is 10.5 Å². The molecule has 2 atom stereocenters. The van der Waals surface area contributed by atoms with Gasteiger partial charge >= 0.3 is 0 Å². The molecule has 1 aromatic carbocycles. The quantitative estimate of drug-likeness (QED) is 0.878. The van der Waals surface area contributed by atoms with E-state index in [-0.39, 0.29) is 36.0 Å². The minimum atomic E-state index is -0.564. The molecule has 3 N–H and O–H groups in total. The summed E-state index contributed by atoms with van der Waals surface area (Å²) in [5.41, 5.74) is 6.42. The first-order valence-corrected chi connectivity index (χ1v) is 6.26. The Kier molecular flexibility index (Phi) is 7.53. The maximum absolute atomic E-state index is 13.6. The highest BCUT2D eigenvalue weighted by Crippen LogP contribution is 2.21. The molecule has 0 heterocycles. The van der Waals surface area contributed by atoms with Gasteiger partial charge < -0.3 is 15.8 Å². The lowest BCUT2D eigenvalue weighted by Gasteiger charge is -2.20. The van der Waals surface area contributed by atoms with Crippen molar-refractivity contribution in [1.29, 1.82) is 0 Å². The minimum Gasteiger partial charge on any atom is -0.494 e. The third-order valence-electron chi connectivity index (χ3n) is 3.06. The predicted octanol–water partition coefficient (Wildman–Crippen LogP) is 2.42. The van der Waals surface area contributed by atoms with E-state index >= 15 is 0 Å². The van der Waals surface area contributed by atoms with Crippen molar-refractivity contribution < 1.29 is 13.9 Å². The average Bonchev–Trinajstić information content (AvgIpc) is 2.37. The van der Waals surface area contributed by atoms with Crippen molar-refractivity contribution in [3.8, 4) is 5.75 Å². The topological polar surface area (TPSA) is 64.3 Å². The Morgan fingerprint density at radius 3 is 2.40 bits per heavy atom. The fourth-order valence-corrected chi connectivity index (χ4v) is 1.65. The predicted molar refractivity (Wildman–Crippen MR) is 79.6 cm³/mol. The van der Waals surface area contributed by atoms with Gasteiger partial charge in [-0.15, -0.1) is 12.4 Å². The molecule has 0 aromatic heterocycles. The van der Waals surface area contributed by atoms with Crippen LogP contribution >= 0.6 is 12.4 Å². The van der Waals surface area contributed by atoms with Crippen molar-refractivity contribution in [2.24, 2.45) is 11.7 Å². The molecule has 0 bridgehead atoms. The molecule has 2 unspecified atom stereocenters. The van der Waals surface area contributed by atoms with Crippen molar-refractivity contribution in [3.05, 3.63) is 29.6 Å². The van der Waals surface area contributed by atoms with Crippen LogP contribution in [0.4, 0.5) is 4.39 Å². The first-order chi connectivity index (χ1) is 8.86. The van der Waals surface area contributed by atoms with E-state index in [1.807, 2.05) is 13.8 Å². The third-order valence-corrected chi connectivity index (χ3v) is 3.06. The Hall–Kier alpha value is -1.33. The second-order valence-corrected chi connectivity index (χ2v) is 4.89. The highest BCUT2D eigenvalue weighted by molar-refractivity contribution is 5.85. The number of hydrogen-bond donors (Lipinski definition) is 2. The summed E-state index contributed by atoms with van der Waals surface area (Å²) in [7, 11) is 1.41. The molecule has 0 saturated carbocycles. The van der Waals surface area contributed by atoms with E-state index in [1.54, 1.807) is 13.0 Å². The molecule has 0 fully saturated rings. The summed E-state index contributed by atoms with van der Waals surface area (Å²) in [6, 6.07) is 3.73. The molecule has 1 amide bonds. The van der Waals surface area contributed by atoms with Crippen molar-refractivity contribution in [2.75, 3.05) is 7.11 Å². The summed E-state index contributed by atoms with van der Waals surface area (Å²) in [6.07, 6.45) is 0. The number of nitrogens with two attached hydrogens (primary N) is 1. The van der Waals surface area contributed by atoms with Gasteiger partial charge in [-0.05, 0) is 30.5 Å². The smallest absolute Gasteiger partial charge is 0.237 e. The van der Waals surface area contributed by atoms with Gasteiger partial charge in [-0.2, -0.15) is 0 Å². The van der Waals surface area contributed by atoms with E-state index in [2.05, 4.69) is 5.32 Å². The number of halogens is 2. The summed E-state index contributed by atoms with van der Waals surface area (Å²) in [6.45, 7) is 5.54. The van der Waals surface area contributed by atoms with Crippen LogP contribution < -0.4 is 15.8 Å². The van der Waals surface area contributed by atoms with E-state index in [0.717, 1.165) is 0 Å². The van der Waals surface area contributed by atoms with Gasteiger partial charge in [0, 0.05) is 0 Å². The van der Waals surface area contributed by atoms with Gasteiger partial charge in [0.05, 0.1) is 19.2 Å². The van der Waals surface area contributed by atoms with Crippen LogP contribution in [0.2, 0.25) is 0 Å². The number of hydrogen-bond acceptors (Lipinski definition) is 3. The maximum atomic E-state index is 13.6. The van der Waals surface area contributed by atoms with Crippen LogP contribution in [0, 0.1) is 11.7 Å². The molecule has 4 nitrogen and oxygen atoms in total. The maximum Gasteiger partial charge on any atom is 0.237 e. The van der Waals surface area contributed by atoms with Gasteiger partial charge in [0.2, 0.25) is 5.91 Å². The van der Waals surface area contributed by atoms with Crippen LogP contribution in [-0.4, -0.2) is 19.1 Å². The van der Waals surface area contributed by atoms with E-state index in [0.29, 0.717) is 5.56 Å². The van der Waals surface area contributed by atoms with Crippen LogP contribution in [0.1, 0.15) is 32.4 Å². The van der Waals surface area contributed by atoms with Crippen molar-refractivity contribution in [3.63, 3.8) is 0 Å². The summed E-state index contributed by atoms with van der Waals surface area (Å²) in [5.74, 6) is -0.450. The van der Waals surface area contributed by atoms with Crippen molar-refractivity contribution in [1.82, 2.24) is 5.32 Å². The monoisotopic (exact) mass is 304 g/mol. The van der Waals surface area contributed by atoms with Gasteiger partial charge in [0.15, 0.2) is 11.6 Å². The molecule has 0 aliphatic rings. The van der Waals surface area contributed by atoms with E-state index in [1.165, 1.54) is 19.2 Å². The zero-order chi connectivity index (χ0) is 14.6. The minimum absolute atomic E-state index is 0. The fraction of sp³-hybridized carbons (Fsp3) is 0.500. The van der Waals surface area contributed by atoms with Crippen LogP contribution in [-0.2, 0) is 4.79 Å². The number of ether oxygens (including phenoxy) is 1. The largest absolute Gasteiger partial charge is 0.494 e. The molecule has 20 heavy (non-hydrogen) atoms. The Morgan fingerprint density at radius 2 is 1.95 bits per heavy atom. The number of rotatable bonds is 5. The summed E-state index contributed by atoms with van der Waals surface area (Å²) < 4.78 is 18.4. The Labute approximate surface area is 125 Å². The second kappa shape index (κ2) is 8.07. The molecule has 114 valence electrons. The molecular formula is C14H22ClFN2O2. The fourth-order valence-electron chi connectivity index (χ4n) is 1.65. The van der Waals surface area contributed by atoms with Gasteiger partial charge in [0.25, 0.3) is 0 Å². The molecule has 0 aliphatic carbocycles. The lowest BCUT2D eigenvalue weighted by molar-refractivity contribution is -0.123. The molecule has 0 saturated heterocycles. The van der Waals surface area contributed by atoms with Crippen molar-refractivity contribution in [2.45, 2.75) is 32.9 Å². The lowest BCUT2D eigenvalue weighted by atomic mass is 10.0. The molecule has 1 rings (SSSR count). The lowest BCUT2D eigenvalue weighted by Crippen LogP contribution is -2.44. The van der Waals surface area contributed by atoms with Gasteiger partial charge in [-0.1, -0.05) is 19.9 Å². The molecule has 6 heteroatoms. The Bertz CT molecular complexity index is 455. The number of carbonyl (C=O) groups is 1. The second-order valence-electron chi connectivity index (χ2n) is 4.89. The Morgan fingerprint density at radius 1 is 1.35 bits per heavy atom. The SMILES string of the molecule is COc1ccc(C(C)NC(=O)C(N)C(C)C)cc1F.Cl. The van der Waals surface area contributed by atoms with Gasteiger partial charge in [0.1, 0.15) is 0 Å². The first-order valence-electron chi connectivity index (χ1n) is 6.26. The third kappa shape index (κ3) is 4.65. The number of carbonyl (C=O) groups excluding carboxylic acids is 1. The summed E-state index contributed by atoms with van der Waals surface area (Å²) in [4.78, 5) is 11.8.